The molecule has 1 unspecified atom stereocenters. The number of rotatable bonds is 11. The minimum Gasteiger partial charge on any atom is -0.394 e. The zero-order valence-corrected chi connectivity index (χ0v) is 12.5. The molecule has 0 aromatic rings. The molecule has 2 aliphatic rings. The van der Waals surface area contributed by atoms with Gasteiger partial charge in [-0.2, -0.15) is 0 Å². The van der Waals surface area contributed by atoms with Crippen molar-refractivity contribution in [3.63, 3.8) is 0 Å². The normalized spacial score (nSPS) is 22.7. The Kier molecular flexibility index (Phi) is 5.63. The van der Waals surface area contributed by atoms with E-state index in [1.807, 2.05) is 0 Å². The molecule has 0 saturated heterocycles. The first kappa shape index (κ1) is 15.2. The molecule has 2 rings (SSSR count). The summed E-state index contributed by atoms with van der Waals surface area (Å²) in [7, 11) is 2.13. The molecule has 112 valence electrons. The van der Waals surface area contributed by atoms with Gasteiger partial charge in [0.1, 0.15) is 0 Å². The monoisotopic (exact) mass is 270 g/mol. The Morgan fingerprint density at radius 1 is 1.32 bits per heavy atom. The standard InChI is InChI=1S/C15H30N2O2/c1-3-16-15(12-18,14-6-7-14)11-17(2)8-9-19-10-13-4-5-13/h13-14,16,18H,3-12H2,1-2H3. The van der Waals surface area contributed by atoms with Crippen LogP contribution in [0.1, 0.15) is 32.6 Å². The van der Waals surface area contributed by atoms with Gasteiger partial charge in [0.15, 0.2) is 0 Å². The number of nitrogens with zero attached hydrogens (tertiary/aromatic N) is 1. The lowest BCUT2D eigenvalue weighted by molar-refractivity contribution is 0.0707. The Balaban J connectivity index is 1.68. The largest absolute Gasteiger partial charge is 0.394 e. The molecule has 2 N–H and O–H groups in total. The molecule has 0 aromatic heterocycles. The van der Waals surface area contributed by atoms with Crippen LogP contribution < -0.4 is 5.32 Å². The van der Waals surface area contributed by atoms with Crippen LogP contribution in [0.5, 0.6) is 0 Å². The summed E-state index contributed by atoms with van der Waals surface area (Å²) in [6.45, 7) is 6.88. The maximum Gasteiger partial charge on any atom is 0.0628 e. The molecule has 4 heteroatoms. The third-order valence-electron chi connectivity index (χ3n) is 4.39. The summed E-state index contributed by atoms with van der Waals surface area (Å²) in [5, 5.41) is 13.3. The molecule has 1 atom stereocenters. The van der Waals surface area contributed by atoms with Crippen molar-refractivity contribution in [1.29, 1.82) is 0 Å². The van der Waals surface area contributed by atoms with E-state index in [9.17, 15) is 5.11 Å². The molecule has 0 amide bonds. The van der Waals surface area contributed by atoms with E-state index in [2.05, 4.69) is 24.2 Å². The smallest absolute Gasteiger partial charge is 0.0628 e. The predicted octanol–water partition coefficient (Wildman–Crippen LogP) is 1.10. The van der Waals surface area contributed by atoms with E-state index in [4.69, 9.17) is 4.74 Å². The van der Waals surface area contributed by atoms with E-state index >= 15 is 0 Å². The van der Waals surface area contributed by atoms with E-state index in [1.165, 1.54) is 25.7 Å². The Morgan fingerprint density at radius 2 is 2.05 bits per heavy atom. The minimum atomic E-state index is -0.0972. The molecule has 0 radical (unpaired) electrons. The summed E-state index contributed by atoms with van der Waals surface area (Å²) in [6, 6.07) is 0. The number of hydrogen-bond acceptors (Lipinski definition) is 4. The SMILES string of the molecule is CCNC(CO)(CN(C)CCOCC1CC1)C1CC1. The molecular weight excluding hydrogens is 240 g/mol. The van der Waals surface area contributed by atoms with Gasteiger partial charge in [0.25, 0.3) is 0 Å². The summed E-state index contributed by atoms with van der Waals surface area (Å²) >= 11 is 0. The lowest BCUT2D eigenvalue weighted by atomic mass is 9.93. The summed E-state index contributed by atoms with van der Waals surface area (Å²) in [4.78, 5) is 2.30. The maximum atomic E-state index is 9.80. The van der Waals surface area contributed by atoms with Crippen molar-refractivity contribution in [2.75, 3.05) is 46.5 Å². The molecule has 0 aromatic carbocycles. The fraction of sp³-hybridized carbons (Fsp3) is 1.00. The second kappa shape index (κ2) is 7.02. The predicted molar refractivity (Wildman–Crippen MR) is 77.3 cm³/mol. The topological polar surface area (TPSA) is 44.7 Å². The molecule has 0 aliphatic heterocycles. The fourth-order valence-electron chi connectivity index (χ4n) is 2.87. The van der Waals surface area contributed by atoms with Crippen LogP contribution in [0.3, 0.4) is 0 Å². The second-order valence-electron chi connectivity index (χ2n) is 6.37. The lowest BCUT2D eigenvalue weighted by Gasteiger charge is -2.37. The lowest BCUT2D eigenvalue weighted by Crippen LogP contribution is -2.57. The van der Waals surface area contributed by atoms with Crippen molar-refractivity contribution in [2.24, 2.45) is 11.8 Å². The number of aliphatic hydroxyl groups is 1. The summed E-state index contributed by atoms with van der Waals surface area (Å²) in [6.07, 6.45) is 5.20. The average molecular weight is 270 g/mol. The van der Waals surface area contributed by atoms with Crippen molar-refractivity contribution in [3.8, 4) is 0 Å². The Labute approximate surface area is 117 Å². The molecule has 4 nitrogen and oxygen atoms in total. The molecule has 2 aliphatic carbocycles. The highest BCUT2D eigenvalue weighted by Gasteiger charge is 2.44. The van der Waals surface area contributed by atoms with E-state index in [-0.39, 0.29) is 12.1 Å². The van der Waals surface area contributed by atoms with Crippen molar-refractivity contribution >= 4 is 0 Å². The molecular formula is C15H30N2O2. The van der Waals surface area contributed by atoms with Gasteiger partial charge in [-0.15, -0.1) is 0 Å². The maximum absolute atomic E-state index is 9.80. The molecule has 0 heterocycles. The first-order chi connectivity index (χ1) is 9.20. The van der Waals surface area contributed by atoms with Crippen LogP contribution in [-0.2, 0) is 4.74 Å². The Morgan fingerprint density at radius 3 is 2.58 bits per heavy atom. The van der Waals surface area contributed by atoms with Crippen molar-refractivity contribution in [1.82, 2.24) is 10.2 Å². The number of likely N-dealkylation sites (N-methyl/N-ethyl adjacent to an activating group) is 2. The molecule has 0 spiro atoms. The quantitative estimate of drug-likeness (QED) is 0.552. The van der Waals surface area contributed by atoms with Crippen molar-refractivity contribution in [3.05, 3.63) is 0 Å². The Hall–Kier alpha value is -0.160. The number of ether oxygens (including phenoxy) is 1. The number of hydrogen-bond donors (Lipinski definition) is 2. The van der Waals surface area contributed by atoms with Crippen LogP contribution in [0.2, 0.25) is 0 Å². The average Bonchev–Trinajstić information content (AvgIpc) is 3.27. The van der Waals surface area contributed by atoms with Gasteiger partial charge in [0, 0.05) is 19.7 Å². The van der Waals surface area contributed by atoms with E-state index < -0.39 is 0 Å². The summed E-state index contributed by atoms with van der Waals surface area (Å²) in [5.41, 5.74) is -0.0972. The number of aliphatic hydroxyl groups excluding tert-OH is 1. The first-order valence-electron chi connectivity index (χ1n) is 7.82. The van der Waals surface area contributed by atoms with Crippen molar-refractivity contribution in [2.45, 2.75) is 38.1 Å². The van der Waals surface area contributed by atoms with Crippen LogP contribution in [-0.4, -0.2) is 62.0 Å². The second-order valence-corrected chi connectivity index (χ2v) is 6.37. The molecule has 2 saturated carbocycles. The van der Waals surface area contributed by atoms with Crippen LogP contribution in [0.4, 0.5) is 0 Å². The highest BCUT2D eigenvalue weighted by Crippen LogP contribution is 2.39. The summed E-state index contributed by atoms with van der Waals surface area (Å²) < 4.78 is 5.69. The van der Waals surface area contributed by atoms with Gasteiger partial charge >= 0.3 is 0 Å². The van der Waals surface area contributed by atoms with Gasteiger partial charge in [0.2, 0.25) is 0 Å². The third kappa shape index (κ3) is 4.71. The van der Waals surface area contributed by atoms with Gasteiger partial charge < -0.3 is 20.1 Å². The van der Waals surface area contributed by atoms with Crippen LogP contribution in [0.25, 0.3) is 0 Å². The van der Waals surface area contributed by atoms with E-state index in [1.54, 1.807) is 0 Å². The minimum absolute atomic E-state index is 0.0972. The first-order valence-corrected chi connectivity index (χ1v) is 7.82. The van der Waals surface area contributed by atoms with Gasteiger partial charge in [-0.05, 0) is 51.1 Å². The highest BCUT2D eigenvalue weighted by molar-refractivity contribution is 5.02. The molecule has 2 fully saturated rings. The molecule has 19 heavy (non-hydrogen) atoms. The van der Waals surface area contributed by atoms with Gasteiger partial charge in [-0.3, -0.25) is 0 Å². The molecule has 0 bridgehead atoms. The van der Waals surface area contributed by atoms with E-state index in [0.29, 0.717) is 5.92 Å². The summed E-state index contributed by atoms with van der Waals surface area (Å²) in [5.74, 6) is 1.49. The zero-order chi connectivity index (χ0) is 13.7. The van der Waals surface area contributed by atoms with Crippen molar-refractivity contribution < 1.29 is 9.84 Å². The zero-order valence-electron chi connectivity index (χ0n) is 12.5. The third-order valence-corrected chi connectivity index (χ3v) is 4.39. The van der Waals surface area contributed by atoms with Gasteiger partial charge in [-0.1, -0.05) is 6.92 Å². The fourth-order valence-corrected chi connectivity index (χ4v) is 2.87. The van der Waals surface area contributed by atoms with Crippen LogP contribution >= 0.6 is 0 Å². The van der Waals surface area contributed by atoms with E-state index in [0.717, 1.165) is 38.8 Å². The van der Waals surface area contributed by atoms with Gasteiger partial charge in [0.05, 0.1) is 18.8 Å². The number of nitrogens with one attached hydrogen (secondary N) is 1. The van der Waals surface area contributed by atoms with Crippen LogP contribution in [0.15, 0.2) is 0 Å². The van der Waals surface area contributed by atoms with Gasteiger partial charge in [-0.25, -0.2) is 0 Å². The highest BCUT2D eigenvalue weighted by atomic mass is 16.5. The Bertz CT molecular complexity index is 267. The van der Waals surface area contributed by atoms with Crippen LogP contribution in [0, 0.1) is 11.8 Å².